The lowest BCUT2D eigenvalue weighted by atomic mass is 10.1. The van der Waals surface area contributed by atoms with E-state index in [9.17, 15) is 5.11 Å². The van der Waals surface area contributed by atoms with Crippen molar-refractivity contribution >= 4 is 34.9 Å². The van der Waals surface area contributed by atoms with E-state index in [2.05, 4.69) is 36.1 Å². The fraction of sp³-hybridized carbons (Fsp3) is 0.0435. The summed E-state index contributed by atoms with van der Waals surface area (Å²) in [4.78, 5) is 13.3. The largest absolute Gasteiger partial charge is 0.508 e. The average molecular weight is 411 g/mol. The standard InChI is InChI=1S/C23H21N7O/c1-16(17-12-14-20(31)15-13-17)29-30-23-27-21(24-18-8-4-2-5-9-18)26-22(28-23)25-19-10-6-3-7-11-19/h2-15,31H,1H3,(H3,24,25,26,27,28,30)/b29-16-. The van der Waals surface area contributed by atoms with Gasteiger partial charge >= 0.3 is 0 Å². The van der Waals surface area contributed by atoms with Crippen LogP contribution in [0.4, 0.5) is 29.2 Å². The number of nitrogens with zero attached hydrogens (tertiary/aromatic N) is 4. The summed E-state index contributed by atoms with van der Waals surface area (Å²) < 4.78 is 0. The molecule has 0 unspecified atom stereocenters. The average Bonchev–Trinajstić information content (AvgIpc) is 2.79. The molecule has 31 heavy (non-hydrogen) atoms. The van der Waals surface area contributed by atoms with Gasteiger partial charge < -0.3 is 15.7 Å². The van der Waals surface area contributed by atoms with Crippen LogP contribution in [0.2, 0.25) is 0 Å². The summed E-state index contributed by atoms with van der Waals surface area (Å²) in [7, 11) is 0. The van der Waals surface area contributed by atoms with Gasteiger partial charge in [-0.2, -0.15) is 20.1 Å². The molecule has 4 N–H and O–H groups in total. The lowest BCUT2D eigenvalue weighted by Crippen LogP contribution is -2.08. The van der Waals surface area contributed by atoms with Crippen LogP contribution >= 0.6 is 0 Å². The van der Waals surface area contributed by atoms with Crippen molar-refractivity contribution in [3.05, 3.63) is 90.5 Å². The molecule has 154 valence electrons. The predicted octanol–water partition coefficient (Wildman–Crippen LogP) is 4.90. The second-order valence-electron chi connectivity index (χ2n) is 6.64. The Hall–Kier alpha value is -4.46. The number of nitrogens with one attached hydrogen (secondary N) is 3. The fourth-order valence-corrected chi connectivity index (χ4v) is 2.74. The summed E-state index contributed by atoms with van der Waals surface area (Å²) in [5, 5.41) is 20.2. The molecule has 0 aliphatic heterocycles. The highest BCUT2D eigenvalue weighted by Gasteiger charge is 2.08. The Balaban J connectivity index is 1.60. The Morgan fingerprint density at radius 1 is 0.677 bits per heavy atom. The highest BCUT2D eigenvalue weighted by Crippen LogP contribution is 2.18. The van der Waals surface area contributed by atoms with E-state index in [1.807, 2.05) is 67.6 Å². The first-order chi connectivity index (χ1) is 15.2. The van der Waals surface area contributed by atoms with Crippen LogP contribution in [-0.2, 0) is 0 Å². The Morgan fingerprint density at radius 2 is 1.16 bits per heavy atom. The summed E-state index contributed by atoms with van der Waals surface area (Å²) >= 11 is 0. The maximum atomic E-state index is 9.45. The Labute approximate surface area is 179 Å². The number of hydrogen-bond donors (Lipinski definition) is 4. The number of phenols is 1. The van der Waals surface area contributed by atoms with Crippen LogP contribution in [0.25, 0.3) is 0 Å². The monoisotopic (exact) mass is 411 g/mol. The molecule has 4 rings (SSSR count). The van der Waals surface area contributed by atoms with Crippen molar-refractivity contribution in [3.63, 3.8) is 0 Å². The van der Waals surface area contributed by atoms with E-state index >= 15 is 0 Å². The lowest BCUT2D eigenvalue weighted by Gasteiger charge is -2.10. The maximum absolute atomic E-state index is 9.45. The lowest BCUT2D eigenvalue weighted by molar-refractivity contribution is 0.475. The van der Waals surface area contributed by atoms with Crippen LogP contribution in [0.3, 0.4) is 0 Å². The molecule has 1 aromatic heterocycles. The molecule has 8 heteroatoms. The van der Waals surface area contributed by atoms with Crippen LogP contribution in [0, 0.1) is 0 Å². The molecule has 0 aliphatic rings. The zero-order valence-corrected chi connectivity index (χ0v) is 16.8. The number of aromatic hydroxyl groups is 1. The van der Waals surface area contributed by atoms with Crippen molar-refractivity contribution in [1.29, 1.82) is 0 Å². The summed E-state index contributed by atoms with van der Waals surface area (Å²) in [5.74, 6) is 1.24. The molecule has 3 aromatic carbocycles. The third kappa shape index (κ3) is 5.54. The maximum Gasteiger partial charge on any atom is 0.250 e. The van der Waals surface area contributed by atoms with E-state index < -0.39 is 0 Å². The number of para-hydroxylation sites is 2. The number of rotatable bonds is 7. The van der Waals surface area contributed by atoms with Crippen molar-refractivity contribution in [1.82, 2.24) is 15.0 Å². The summed E-state index contributed by atoms with van der Waals surface area (Å²) in [6.07, 6.45) is 0. The highest BCUT2D eigenvalue weighted by atomic mass is 16.3. The molecule has 0 saturated carbocycles. The van der Waals surface area contributed by atoms with Gasteiger partial charge in [0.05, 0.1) is 5.71 Å². The van der Waals surface area contributed by atoms with Gasteiger partial charge in [-0.05, 0) is 61.0 Å². The van der Waals surface area contributed by atoms with E-state index in [0.717, 1.165) is 22.6 Å². The van der Waals surface area contributed by atoms with E-state index in [1.165, 1.54) is 0 Å². The molecule has 0 amide bonds. The van der Waals surface area contributed by atoms with Gasteiger partial charge in [0.2, 0.25) is 17.8 Å². The Bertz CT molecular complexity index is 1100. The zero-order chi connectivity index (χ0) is 21.5. The SMILES string of the molecule is C/C(=N/Nc1nc(Nc2ccccc2)nc(Nc2ccccc2)n1)c1ccc(O)cc1. The molecule has 1 heterocycles. The van der Waals surface area contributed by atoms with Crippen molar-refractivity contribution < 1.29 is 5.11 Å². The quantitative estimate of drug-likeness (QED) is 0.253. The van der Waals surface area contributed by atoms with E-state index in [4.69, 9.17) is 0 Å². The van der Waals surface area contributed by atoms with E-state index in [1.54, 1.807) is 24.3 Å². The predicted molar refractivity (Wildman–Crippen MR) is 123 cm³/mol. The summed E-state index contributed by atoms with van der Waals surface area (Å²) in [6.45, 7) is 1.85. The van der Waals surface area contributed by atoms with Gasteiger partial charge in [0.1, 0.15) is 5.75 Å². The normalized spacial score (nSPS) is 11.1. The van der Waals surface area contributed by atoms with Crippen molar-refractivity contribution in [2.45, 2.75) is 6.92 Å². The molecule has 0 aliphatic carbocycles. The number of hydrogen-bond acceptors (Lipinski definition) is 8. The molecule has 8 nitrogen and oxygen atoms in total. The number of phenolic OH excluding ortho intramolecular Hbond substituents is 1. The van der Waals surface area contributed by atoms with Crippen molar-refractivity contribution in [2.24, 2.45) is 5.10 Å². The van der Waals surface area contributed by atoms with E-state index in [0.29, 0.717) is 11.9 Å². The number of hydrazone groups is 1. The van der Waals surface area contributed by atoms with Crippen molar-refractivity contribution in [3.8, 4) is 5.75 Å². The molecule has 0 atom stereocenters. The van der Waals surface area contributed by atoms with Crippen LogP contribution in [-0.4, -0.2) is 25.8 Å². The summed E-state index contributed by atoms with van der Waals surface area (Å²) in [6, 6.07) is 26.1. The van der Waals surface area contributed by atoms with Crippen LogP contribution in [0.5, 0.6) is 5.75 Å². The molecule has 0 bridgehead atoms. The number of benzene rings is 3. The van der Waals surface area contributed by atoms with Gasteiger partial charge in [-0.3, -0.25) is 0 Å². The third-order valence-corrected chi connectivity index (χ3v) is 4.30. The first kappa shape index (κ1) is 19.8. The number of aromatic nitrogens is 3. The first-order valence-electron chi connectivity index (χ1n) is 9.66. The zero-order valence-electron chi connectivity index (χ0n) is 16.8. The van der Waals surface area contributed by atoms with Gasteiger partial charge in [0, 0.05) is 11.4 Å². The van der Waals surface area contributed by atoms with Gasteiger partial charge in [0.25, 0.3) is 0 Å². The van der Waals surface area contributed by atoms with Crippen LogP contribution in [0.15, 0.2) is 90.0 Å². The molecule has 0 radical (unpaired) electrons. The molecule has 0 saturated heterocycles. The molecule has 4 aromatic rings. The van der Waals surface area contributed by atoms with Crippen LogP contribution in [0.1, 0.15) is 12.5 Å². The molecular weight excluding hydrogens is 390 g/mol. The minimum atomic E-state index is 0.204. The molecule has 0 fully saturated rings. The third-order valence-electron chi connectivity index (χ3n) is 4.30. The highest BCUT2D eigenvalue weighted by molar-refractivity contribution is 5.99. The smallest absolute Gasteiger partial charge is 0.250 e. The minimum absolute atomic E-state index is 0.204. The minimum Gasteiger partial charge on any atom is -0.508 e. The Kier molecular flexibility index (Phi) is 5.99. The Morgan fingerprint density at radius 3 is 1.68 bits per heavy atom. The second kappa shape index (κ2) is 9.36. The topological polar surface area (TPSA) is 107 Å². The molecular formula is C23H21N7O. The van der Waals surface area contributed by atoms with Gasteiger partial charge in [0.15, 0.2) is 0 Å². The van der Waals surface area contributed by atoms with Gasteiger partial charge in [-0.15, -0.1) is 0 Å². The molecule has 0 spiro atoms. The van der Waals surface area contributed by atoms with E-state index in [-0.39, 0.29) is 11.7 Å². The first-order valence-corrected chi connectivity index (χ1v) is 9.66. The second-order valence-corrected chi connectivity index (χ2v) is 6.64. The summed E-state index contributed by atoms with van der Waals surface area (Å²) in [5.41, 5.74) is 6.19. The van der Waals surface area contributed by atoms with Gasteiger partial charge in [-0.25, -0.2) is 5.43 Å². The van der Waals surface area contributed by atoms with Crippen LogP contribution < -0.4 is 16.1 Å². The number of anilines is 5. The fourth-order valence-electron chi connectivity index (χ4n) is 2.74. The van der Waals surface area contributed by atoms with Crippen molar-refractivity contribution in [2.75, 3.05) is 16.1 Å². The van der Waals surface area contributed by atoms with Gasteiger partial charge in [-0.1, -0.05) is 36.4 Å².